The lowest BCUT2D eigenvalue weighted by atomic mass is 9.80. The molecule has 1 aromatic carbocycles. The zero-order chi connectivity index (χ0) is 19.0. The Balaban J connectivity index is 1.38. The Morgan fingerprint density at radius 1 is 1.33 bits per heavy atom. The molecule has 7 nitrogen and oxygen atoms in total. The Kier molecular flexibility index (Phi) is 4.92. The summed E-state index contributed by atoms with van der Waals surface area (Å²) in [4.78, 5) is 9.93. The second kappa shape index (κ2) is 7.36. The van der Waals surface area contributed by atoms with Crippen LogP contribution in [0.3, 0.4) is 0 Å². The standard InChI is InChI=1S/C19H26FN7/c1-3-27-18(24-25-19(27)12-8-14(21)9-12)11-26(2)7-6-17-22-15-5-4-13(20)10-16(15)23-17/h4-5,10,12,14H,3,6-9,11,21H2,1-2H3,(H,22,23). The molecule has 0 radical (unpaired) electrons. The van der Waals surface area contributed by atoms with Gasteiger partial charge in [0, 0.05) is 31.5 Å². The molecule has 4 rings (SSSR count). The topological polar surface area (TPSA) is 88.7 Å². The number of nitrogens with two attached hydrogens (primary N) is 1. The van der Waals surface area contributed by atoms with E-state index >= 15 is 0 Å². The molecular formula is C19H26FN7. The average Bonchev–Trinajstić information content (AvgIpc) is 3.20. The third-order valence-corrected chi connectivity index (χ3v) is 5.35. The molecule has 1 aliphatic carbocycles. The summed E-state index contributed by atoms with van der Waals surface area (Å²) in [5.41, 5.74) is 7.45. The summed E-state index contributed by atoms with van der Waals surface area (Å²) >= 11 is 0. The minimum absolute atomic E-state index is 0.253. The molecule has 1 aliphatic rings. The van der Waals surface area contributed by atoms with E-state index in [-0.39, 0.29) is 5.82 Å². The molecular weight excluding hydrogens is 345 g/mol. The van der Waals surface area contributed by atoms with Gasteiger partial charge in [-0.3, -0.25) is 4.90 Å². The summed E-state index contributed by atoms with van der Waals surface area (Å²) in [6.07, 6.45) is 2.76. The fraction of sp³-hybridized carbons (Fsp3) is 0.526. The molecule has 8 heteroatoms. The fourth-order valence-electron chi connectivity index (χ4n) is 3.76. The van der Waals surface area contributed by atoms with Crippen molar-refractivity contribution in [3.63, 3.8) is 0 Å². The normalized spacial score (nSPS) is 19.7. The maximum absolute atomic E-state index is 13.3. The molecule has 0 aliphatic heterocycles. The van der Waals surface area contributed by atoms with Crippen molar-refractivity contribution in [2.75, 3.05) is 13.6 Å². The molecule has 0 amide bonds. The molecule has 3 aromatic rings. The van der Waals surface area contributed by atoms with Gasteiger partial charge in [0.1, 0.15) is 23.3 Å². The van der Waals surface area contributed by atoms with Crippen LogP contribution in [-0.2, 0) is 19.5 Å². The van der Waals surface area contributed by atoms with Gasteiger partial charge in [-0.15, -0.1) is 10.2 Å². The van der Waals surface area contributed by atoms with Crippen molar-refractivity contribution in [2.24, 2.45) is 5.73 Å². The first-order valence-corrected chi connectivity index (χ1v) is 9.53. The SMILES string of the molecule is CCn1c(CN(C)CCc2nc3ccc(F)cc3[nH]2)nnc1C1CC(N)C1. The highest BCUT2D eigenvalue weighted by Gasteiger charge is 2.32. The minimum atomic E-state index is -0.253. The first kappa shape index (κ1) is 18.1. The molecule has 1 fully saturated rings. The van der Waals surface area contributed by atoms with Crippen LogP contribution in [0.5, 0.6) is 0 Å². The number of aromatic nitrogens is 5. The van der Waals surface area contributed by atoms with Crippen molar-refractivity contribution in [1.82, 2.24) is 29.6 Å². The van der Waals surface area contributed by atoms with Crippen LogP contribution >= 0.6 is 0 Å². The Morgan fingerprint density at radius 2 is 2.15 bits per heavy atom. The van der Waals surface area contributed by atoms with Crippen molar-refractivity contribution in [2.45, 2.75) is 51.2 Å². The summed E-state index contributed by atoms with van der Waals surface area (Å²) in [5, 5.41) is 8.85. The van der Waals surface area contributed by atoms with Gasteiger partial charge in [0.25, 0.3) is 0 Å². The summed E-state index contributed by atoms with van der Waals surface area (Å²) < 4.78 is 15.5. The number of benzene rings is 1. The highest BCUT2D eigenvalue weighted by Crippen LogP contribution is 2.34. The van der Waals surface area contributed by atoms with E-state index in [1.54, 1.807) is 6.07 Å². The Hall–Kier alpha value is -2.32. The van der Waals surface area contributed by atoms with Gasteiger partial charge in [-0.1, -0.05) is 0 Å². The third-order valence-electron chi connectivity index (χ3n) is 5.35. The molecule has 1 saturated carbocycles. The number of nitrogens with one attached hydrogen (secondary N) is 1. The van der Waals surface area contributed by atoms with Crippen LogP contribution in [0.2, 0.25) is 0 Å². The van der Waals surface area contributed by atoms with E-state index in [0.29, 0.717) is 12.0 Å². The van der Waals surface area contributed by atoms with Crippen LogP contribution in [-0.4, -0.2) is 49.3 Å². The van der Waals surface area contributed by atoms with E-state index in [4.69, 9.17) is 5.73 Å². The first-order valence-electron chi connectivity index (χ1n) is 9.53. The number of halogens is 1. The lowest BCUT2D eigenvalue weighted by Gasteiger charge is -2.31. The second-order valence-corrected chi connectivity index (χ2v) is 7.48. The number of H-pyrrole nitrogens is 1. The summed E-state index contributed by atoms with van der Waals surface area (Å²) in [5.74, 6) is 3.12. The van der Waals surface area contributed by atoms with Crippen LogP contribution in [0.1, 0.15) is 43.2 Å². The van der Waals surface area contributed by atoms with Gasteiger partial charge >= 0.3 is 0 Å². The predicted molar refractivity (Wildman–Crippen MR) is 102 cm³/mol. The smallest absolute Gasteiger partial charge is 0.147 e. The second-order valence-electron chi connectivity index (χ2n) is 7.48. The maximum Gasteiger partial charge on any atom is 0.147 e. The van der Waals surface area contributed by atoms with Gasteiger partial charge < -0.3 is 15.3 Å². The summed E-state index contributed by atoms with van der Waals surface area (Å²) in [6.45, 7) is 4.55. The van der Waals surface area contributed by atoms with E-state index in [0.717, 1.165) is 67.4 Å². The van der Waals surface area contributed by atoms with Crippen molar-refractivity contribution >= 4 is 11.0 Å². The average molecular weight is 371 g/mol. The zero-order valence-electron chi connectivity index (χ0n) is 15.8. The van der Waals surface area contributed by atoms with Gasteiger partial charge in [0.15, 0.2) is 0 Å². The number of nitrogens with zero attached hydrogens (tertiary/aromatic N) is 5. The minimum Gasteiger partial charge on any atom is -0.342 e. The van der Waals surface area contributed by atoms with Crippen LogP contribution in [0.4, 0.5) is 4.39 Å². The van der Waals surface area contributed by atoms with Gasteiger partial charge in [-0.2, -0.15) is 0 Å². The number of hydrogen-bond donors (Lipinski definition) is 2. The molecule has 144 valence electrons. The first-order chi connectivity index (χ1) is 13.0. The Bertz CT molecular complexity index is 925. The van der Waals surface area contributed by atoms with Crippen molar-refractivity contribution < 1.29 is 4.39 Å². The molecule has 3 N–H and O–H groups in total. The van der Waals surface area contributed by atoms with Gasteiger partial charge in [-0.25, -0.2) is 9.37 Å². The van der Waals surface area contributed by atoms with Crippen molar-refractivity contribution in [3.05, 3.63) is 41.5 Å². The monoisotopic (exact) mass is 371 g/mol. The molecule has 2 aromatic heterocycles. The highest BCUT2D eigenvalue weighted by atomic mass is 19.1. The molecule has 27 heavy (non-hydrogen) atoms. The number of hydrogen-bond acceptors (Lipinski definition) is 5. The lowest BCUT2D eigenvalue weighted by molar-refractivity contribution is 0.307. The van der Waals surface area contributed by atoms with Gasteiger partial charge in [0.2, 0.25) is 0 Å². The molecule has 0 saturated heterocycles. The molecule has 0 spiro atoms. The number of fused-ring (bicyclic) bond motifs is 1. The van der Waals surface area contributed by atoms with Crippen LogP contribution in [0, 0.1) is 5.82 Å². The van der Waals surface area contributed by atoms with E-state index in [2.05, 4.69) is 43.6 Å². The van der Waals surface area contributed by atoms with Crippen LogP contribution < -0.4 is 5.73 Å². The molecule has 0 bridgehead atoms. The Labute approximate surface area is 157 Å². The predicted octanol–water partition coefficient (Wildman–Crippen LogP) is 2.19. The maximum atomic E-state index is 13.3. The van der Waals surface area contributed by atoms with Crippen LogP contribution in [0.15, 0.2) is 18.2 Å². The Morgan fingerprint density at radius 3 is 2.89 bits per heavy atom. The number of imidazole rings is 1. The van der Waals surface area contributed by atoms with E-state index in [1.165, 1.54) is 12.1 Å². The van der Waals surface area contributed by atoms with E-state index in [9.17, 15) is 4.39 Å². The quantitative estimate of drug-likeness (QED) is 0.665. The molecule has 0 unspecified atom stereocenters. The number of aromatic amines is 1. The highest BCUT2D eigenvalue weighted by molar-refractivity contribution is 5.74. The fourth-order valence-corrected chi connectivity index (χ4v) is 3.76. The zero-order valence-corrected chi connectivity index (χ0v) is 15.8. The largest absolute Gasteiger partial charge is 0.342 e. The van der Waals surface area contributed by atoms with Gasteiger partial charge in [0.05, 0.1) is 17.6 Å². The molecule has 2 heterocycles. The van der Waals surface area contributed by atoms with Crippen molar-refractivity contribution in [3.8, 4) is 0 Å². The van der Waals surface area contributed by atoms with E-state index in [1.807, 2.05) is 0 Å². The molecule has 0 atom stereocenters. The lowest BCUT2D eigenvalue weighted by Crippen LogP contribution is -2.36. The summed E-state index contributed by atoms with van der Waals surface area (Å²) in [6, 6.07) is 4.92. The van der Waals surface area contributed by atoms with E-state index < -0.39 is 0 Å². The third kappa shape index (κ3) is 3.72. The number of likely N-dealkylation sites (N-methyl/N-ethyl adjacent to an activating group) is 1. The summed E-state index contributed by atoms with van der Waals surface area (Å²) in [7, 11) is 2.07. The number of rotatable bonds is 7. The van der Waals surface area contributed by atoms with Crippen LogP contribution in [0.25, 0.3) is 11.0 Å². The van der Waals surface area contributed by atoms with Crippen molar-refractivity contribution in [1.29, 1.82) is 0 Å². The van der Waals surface area contributed by atoms with Gasteiger partial charge in [-0.05, 0) is 45.0 Å².